The van der Waals surface area contributed by atoms with Crippen LogP contribution in [0, 0.1) is 11.3 Å². The summed E-state index contributed by atoms with van der Waals surface area (Å²) in [4.78, 5) is 3.55. The number of nitrogens with zero attached hydrogens (tertiary/aromatic N) is 1. The molecule has 16 heavy (non-hydrogen) atoms. The third-order valence-corrected chi connectivity index (χ3v) is 4.30. The van der Waals surface area contributed by atoms with Crippen LogP contribution in [0.2, 0.25) is 0 Å². The molecule has 0 N–H and O–H groups in total. The summed E-state index contributed by atoms with van der Waals surface area (Å²) in [5.41, 5.74) is 0.750. The molecule has 0 saturated heterocycles. The lowest BCUT2D eigenvalue weighted by molar-refractivity contribution is 1.19. The molecule has 1 nitrogen and oxygen atoms in total. The number of aryl methyl sites for hydroxylation is 1. The molecule has 2 rings (SSSR count). The minimum absolute atomic E-state index is 0.750. The second-order valence-corrected chi connectivity index (χ2v) is 5.45. The molecule has 2 aromatic rings. The van der Waals surface area contributed by atoms with Crippen LogP contribution in [0.4, 0.5) is 0 Å². The van der Waals surface area contributed by atoms with E-state index < -0.39 is 0 Å². The van der Waals surface area contributed by atoms with Crippen molar-refractivity contribution in [2.75, 3.05) is 0 Å². The highest BCUT2D eigenvalue weighted by molar-refractivity contribution is 7.13. The lowest BCUT2D eigenvalue weighted by Gasteiger charge is -1.91. The smallest absolute Gasteiger partial charge is 0.101 e. The van der Waals surface area contributed by atoms with Crippen molar-refractivity contribution in [2.24, 2.45) is 0 Å². The van der Waals surface area contributed by atoms with Crippen molar-refractivity contribution in [2.45, 2.75) is 13.3 Å². The Morgan fingerprint density at radius 1 is 1.44 bits per heavy atom. The first-order chi connectivity index (χ1) is 7.83. The molecule has 0 radical (unpaired) electrons. The fourth-order valence-corrected chi connectivity index (χ4v) is 2.98. The predicted octanol–water partition coefficient (Wildman–Crippen LogP) is 4.44. The summed E-state index contributed by atoms with van der Waals surface area (Å²) < 4.78 is 0. The summed E-state index contributed by atoms with van der Waals surface area (Å²) in [6.07, 6.45) is 3.02. The van der Waals surface area contributed by atoms with E-state index in [0.717, 1.165) is 21.7 Å². The Bertz CT molecular complexity index is 527. The first kappa shape index (κ1) is 11.1. The molecule has 0 bridgehead atoms. The average Bonchev–Trinajstić information content (AvgIpc) is 2.96. The molecule has 0 amide bonds. The molecule has 0 fully saturated rings. The number of thiophene rings is 2. The Balaban J connectivity index is 2.32. The molecule has 0 spiro atoms. The van der Waals surface area contributed by atoms with Crippen molar-refractivity contribution in [1.82, 2.24) is 0 Å². The minimum atomic E-state index is 0.750. The second kappa shape index (κ2) is 5.11. The Labute approximate surface area is 103 Å². The van der Waals surface area contributed by atoms with Gasteiger partial charge in [0, 0.05) is 14.6 Å². The molecule has 2 heterocycles. The Morgan fingerprint density at radius 2 is 2.31 bits per heavy atom. The van der Waals surface area contributed by atoms with Crippen LogP contribution in [0.3, 0.4) is 0 Å². The number of hydrogen-bond donors (Lipinski definition) is 0. The van der Waals surface area contributed by atoms with Gasteiger partial charge in [0.05, 0.1) is 5.57 Å². The van der Waals surface area contributed by atoms with Crippen molar-refractivity contribution in [1.29, 1.82) is 5.26 Å². The van der Waals surface area contributed by atoms with Gasteiger partial charge in [-0.15, -0.1) is 22.7 Å². The fraction of sp³-hybridized carbons (Fsp3) is 0.154. The van der Waals surface area contributed by atoms with Gasteiger partial charge in [-0.05, 0) is 36.1 Å². The van der Waals surface area contributed by atoms with Crippen molar-refractivity contribution >= 4 is 34.3 Å². The van der Waals surface area contributed by atoms with Gasteiger partial charge in [-0.1, -0.05) is 13.0 Å². The van der Waals surface area contributed by atoms with Crippen molar-refractivity contribution in [3.05, 3.63) is 44.3 Å². The zero-order valence-electron chi connectivity index (χ0n) is 8.93. The summed E-state index contributed by atoms with van der Waals surface area (Å²) in [5, 5.41) is 11.1. The van der Waals surface area contributed by atoms with Gasteiger partial charge in [0.15, 0.2) is 0 Å². The highest BCUT2D eigenvalue weighted by Crippen LogP contribution is 2.25. The van der Waals surface area contributed by atoms with E-state index in [9.17, 15) is 0 Å². The van der Waals surface area contributed by atoms with E-state index in [1.807, 2.05) is 23.6 Å². The topological polar surface area (TPSA) is 23.8 Å². The van der Waals surface area contributed by atoms with Crippen LogP contribution in [0.25, 0.3) is 11.6 Å². The van der Waals surface area contributed by atoms with Gasteiger partial charge in [0.2, 0.25) is 0 Å². The van der Waals surface area contributed by atoms with Crippen LogP contribution >= 0.6 is 22.7 Å². The van der Waals surface area contributed by atoms with Gasteiger partial charge in [0.25, 0.3) is 0 Å². The molecule has 0 aliphatic carbocycles. The fourth-order valence-electron chi connectivity index (χ4n) is 1.39. The van der Waals surface area contributed by atoms with Gasteiger partial charge in [-0.3, -0.25) is 0 Å². The first-order valence-electron chi connectivity index (χ1n) is 5.08. The zero-order valence-corrected chi connectivity index (χ0v) is 10.6. The molecular formula is C13H11NS2. The maximum absolute atomic E-state index is 9.12. The maximum atomic E-state index is 9.12. The average molecular weight is 245 g/mol. The van der Waals surface area contributed by atoms with Gasteiger partial charge in [-0.2, -0.15) is 5.26 Å². The third kappa shape index (κ3) is 2.41. The predicted molar refractivity (Wildman–Crippen MR) is 71.5 cm³/mol. The monoisotopic (exact) mass is 245 g/mol. The van der Waals surface area contributed by atoms with E-state index >= 15 is 0 Å². The molecule has 0 atom stereocenters. The highest BCUT2D eigenvalue weighted by atomic mass is 32.1. The zero-order chi connectivity index (χ0) is 11.4. The van der Waals surface area contributed by atoms with Crippen LogP contribution < -0.4 is 0 Å². The van der Waals surface area contributed by atoms with E-state index in [0.29, 0.717) is 0 Å². The molecule has 80 valence electrons. The van der Waals surface area contributed by atoms with Crippen LogP contribution in [-0.2, 0) is 6.42 Å². The summed E-state index contributed by atoms with van der Waals surface area (Å²) in [5.74, 6) is 0. The first-order valence-corrected chi connectivity index (χ1v) is 6.77. The van der Waals surface area contributed by atoms with Gasteiger partial charge < -0.3 is 0 Å². The number of nitriles is 1. The number of allylic oxidation sites excluding steroid dienone is 1. The lowest BCUT2D eigenvalue weighted by Crippen LogP contribution is -1.73. The third-order valence-electron chi connectivity index (χ3n) is 2.22. The van der Waals surface area contributed by atoms with Crippen LogP contribution in [0.15, 0.2) is 29.6 Å². The number of hydrogen-bond acceptors (Lipinski definition) is 3. The van der Waals surface area contributed by atoms with Gasteiger partial charge in [0.1, 0.15) is 6.07 Å². The van der Waals surface area contributed by atoms with Gasteiger partial charge >= 0.3 is 0 Å². The Hall–Kier alpha value is -1.37. The minimum Gasteiger partial charge on any atom is -0.192 e. The maximum Gasteiger partial charge on any atom is 0.101 e. The van der Waals surface area contributed by atoms with Crippen LogP contribution in [0.1, 0.15) is 21.6 Å². The Kier molecular flexibility index (Phi) is 3.55. The quantitative estimate of drug-likeness (QED) is 0.733. The summed E-state index contributed by atoms with van der Waals surface area (Å²) in [6, 6.07) is 10.4. The molecule has 0 aliphatic rings. The highest BCUT2D eigenvalue weighted by Gasteiger charge is 2.03. The summed E-state index contributed by atoms with van der Waals surface area (Å²) in [7, 11) is 0. The largest absolute Gasteiger partial charge is 0.192 e. The summed E-state index contributed by atoms with van der Waals surface area (Å²) >= 11 is 3.35. The molecule has 0 aromatic carbocycles. The standard InChI is InChI=1S/C13H11NS2/c1-2-11-5-6-12(16-11)8-10(9-14)13-4-3-7-15-13/h3-8H,2H2,1H3. The van der Waals surface area contributed by atoms with Crippen molar-refractivity contribution < 1.29 is 0 Å². The van der Waals surface area contributed by atoms with Gasteiger partial charge in [-0.25, -0.2) is 0 Å². The van der Waals surface area contributed by atoms with E-state index in [4.69, 9.17) is 5.26 Å². The van der Waals surface area contributed by atoms with Crippen molar-refractivity contribution in [3.8, 4) is 6.07 Å². The molecule has 2 aromatic heterocycles. The van der Waals surface area contributed by atoms with E-state index in [1.165, 1.54) is 4.88 Å². The molecule has 0 unspecified atom stereocenters. The van der Waals surface area contributed by atoms with Crippen LogP contribution in [0.5, 0.6) is 0 Å². The van der Waals surface area contributed by atoms with Crippen molar-refractivity contribution in [3.63, 3.8) is 0 Å². The molecule has 3 heteroatoms. The molecule has 0 saturated carbocycles. The SMILES string of the molecule is CCc1ccc(C=C(C#N)c2cccs2)s1. The summed E-state index contributed by atoms with van der Waals surface area (Å²) in [6.45, 7) is 2.14. The Morgan fingerprint density at radius 3 is 2.88 bits per heavy atom. The molecule has 0 aliphatic heterocycles. The normalized spacial score (nSPS) is 11.4. The molecular weight excluding hydrogens is 234 g/mol. The second-order valence-electron chi connectivity index (χ2n) is 3.30. The van der Waals surface area contributed by atoms with E-state index in [1.54, 1.807) is 22.7 Å². The number of rotatable bonds is 3. The van der Waals surface area contributed by atoms with E-state index in [2.05, 4.69) is 25.1 Å². The lowest BCUT2D eigenvalue weighted by atomic mass is 10.2. The van der Waals surface area contributed by atoms with Crippen LogP contribution in [-0.4, -0.2) is 0 Å². The van der Waals surface area contributed by atoms with E-state index in [-0.39, 0.29) is 0 Å².